The largest absolute Gasteiger partial charge is 0.500 e. The Balaban J connectivity index is 0.000000293. The van der Waals surface area contributed by atoms with Gasteiger partial charge in [0.05, 0.1) is 14.2 Å². The minimum absolute atomic E-state index is 0.0116. The van der Waals surface area contributed by atoms with Crippen molar-refractivity contribution in [2.45, 2.75) is 25.7 Å². The quantitative estimate of drug-likeness (QED) is 0.533. The molecule has 0 aromatic heterocycles. The number of rotatable bonds is 3. The maximum absolute atomic E-state index is 10.3. The number of carbonyl (C=O) groups excluding carboxylic acids is 1. The predicted octanol–water partition coefficient (Wildman–Crippen LogP) is 1.17. The molecule has 13 heavy (non-hydrogen) atoms. The molecule has 0 radical (unpaired) electrons. The van der Waals surface area contributed by atoms with E-state index in [2.05, 4.69) is 9.47 Å². The van der Waals surface area contributed by atoms with Crippen LogP contribution in [0.1, 0.15) is 25.7 Å². The van der Waals surface area contributed by atoms with Gasteiger partial charge in [0.25, 0.3) is 5.91 Å². The van der Waals surface area contributed by atoms with Crippen LogP contribution in [-0.4, -0.2) is 20.1 Å². The van der Waals surface area contributed by atoms with Crippen LogP contribution < -0.4 is 5.73 Å². The summed E-state index contributed by atoms with van der Waals surface area (Å²) >= 11 is 0. The molecule has 2 N–H and O–H groups in total. The van der Waals surface area contributed by atoms with Gasteiger partial charge in [0.2, 0.25) is 5.76 Å². The van der Waals surface area contributed by atoms with Crippen LogP contribution in [0.2, 0.25) is 0 Å². The van der Waals surface area contributed by atoms with Gasteiger partial charge < -0.3 is 15.2 Å². The molecule has 1 rings (SSSR count). The molecule has 1 aliphatic carbocycles. The van der Waals surface area contributed by atoms with Crippen molar-refractivity contribution in [1.82, 2.24) is 0 Å². The van der Waals surface area contributed by atoms with Crippen LogP contribution in [0.15, 0.2) is 12.0 Å². The first kappa shape index (κ1) is 11.8. The van der Waals surface area contributed by atoms with Gasteiger partial charge in [0, 0.05) is 0 Å². The number of methoxy groups -OCH3 is 2. The zero-order valence-corrected chi connectivity index (χ0v) is 8.21. The second-order valence-corrected chi connectivity index (χ2v) is 2.70. The maximum atomic E-state index is 10.3. The average molecular weight is 187 g/mol. The van der Waals surface area contributed by atoms with Gasteiger partial charge in [-0.3, -0.25) is 4.79 Å². The molecule has 0 spiro atoms. The Hall–Kier alpha value is -1.19. The molecular formula is C9H17NO3. The Bertz CT molecular complexity index is 170. The first-order valence-electron chi connectivity index (χ1n) is 4.29. The van der Waals surface area contributed by atoms with Crippen LogP contribution in [0.4, 0.5) is 0 Å². The number of ether oxygens (including phenoxy) is 2. The molecule has 0 aromatic carbocycles. The molecule has 0 atom stereocenters. The van der Waals surface area contributed by atoms with Crippen LogP contribution in [0.3, 0.4) is 0 Å². The van der Waals surface area contributed by atoms with E-state index in [0.717, 1.165) is 6.26 Å². The Morgan fingerprint density at radius 1 is 1.23 bits per heavy atom. The molecule has 0 heterocycles. The third-order valence-electron chi connectivity index (χ3n) is 1.69. The Morgan fingerprint density at radius 3 is 1.77 bits per heavy atom. The highest BCUT2D eigenvalue weighted by atomic mass is 16.5. The van der Waals surface area contributed by atoms with Gasteiger partial charge in [-0.1, -0.05) is 25.7 Å². The summed E-state index contributed by atoms with van der Waals surface area (Å²) in [6.07, 6.45) is 7.14. The molecule has 4 heteroatoms. The highest BCUT2D eigenvalue weighted by molar-refractivity contribution is 5.89. The second kappa shape index (κ2) is 7.46. The third kappa shape index (κ3) is 6.02. The Kier molecular flexibility index (Phi) is 6.78. The Morgan fingerprint density at radius 2 is 1.69 bits per heavy atom. The summed E-state index contributed by atoms with van der Waals surface area (Å²) in [7, 11) is 2.75. The molecular weight excluding hydrogens is 170 g/mol. The first-order chi connectivity index (χ1) is 6.22. The molecule has 1 amide bonds. The summed E-state index contributed by atoms with van der Waals surface area (Å²) in [4.78, 5) is 10.3. The molecule has 0 saturated heterocycles. The van der Waals surface area contributed by atoms with Crippen molar-refractivity contribution in [3.05, 3.63) is 12.0 Å². The first-order valence-corrected chi connectivity index (χ1v) is 4.29. The summed E-state index contributed by atoms with van der Waals surface area (Å²) in [6, 6.07) is 0. The van der Waals surface area contributed by atoms with Gasteiger partial charge in [-0.25, -0.2) is 0 Å². The highest BCUT2D eigenvalue weighted by Crippen LogP contribution is 2.15. The van der Waals surface area contributed by atoms with E-state index in [1.807, 2.05) is 0 Å². The van der Waals surface area contributed by atoms with Gasteiger partial charge >= 0.3 is 0 Å². The van der Waals surface area contributed by atoms with Crippen molar-refractivity contribution < 1.29 is 14.3 Å². The van der Waals surface area contributed by atoms with E-state index in [1.54, 1.807) is 0 Å². The minimum atomic E-state index is -0.639. The van der Waals surface area contributed by atoms with Gasteiger partial charge in [-0.15, -0.1) is 0 Å². The standard InChI is InChI=1S/C5H9NO3.C4H8/c1-8-3-4(9-2)5(6)7;1-2-4-3-1/h3H,1-2H3,(H2,6,7);1-4H2. The lowest BCUT2D eigenvalue weighted by molar-refractivity contribution is -0.117. The predicted molar refractivity (Wildman–Crippen MR) is 49.8 cm³/mol. The lowest BCUT2D eigenvalue weighted by Crippen LogP contribution is -2.15. The van der Waals surface area contributed by atoms with Crippen LogP contribution in [0.25, 0.3) is 0 Å². The Labute approximate surface area is 78.7 Å². The number of hydrogen-bond acceptors (Lipinski definition) is 3. The zero-order chi connectivity index (χ0) is 10.1. The summed E-state index contributed by atoms with van der Waals surface area (Å²) in [5.74, 6) is -0.628. The summed E-state index contributed by atoms with van der Waals surface area (Å²) in [5.41, 5.74) is 4.82. The normalized spacial score (nSPS) is 14.8. The van der Waals surface area contributed by atoms with E-state index >= 15 is 0 Å². The molecule has 0 bridgehead atoms. The highest BCUT2D eigenvalue weighted by Gasteiger charge is 2.01. The van der Waals surface area contributed by atoms with Crippen molar-refractivity contribution >= 4 is 5.91 Å². The lowest BCUT2D eigenvalue weighted by atomic mass is 10.0. The van der Waals surface area contributed by atoms with Crippen molar-refractivity contribution in [3.8, 4) is 0 Å². The monoisotopic (exact) mass is 187 g/mol. The summed E-state index contributed by atoms with van der Waals surface area (Å²) in [6.45, 7) is 0. The van der Waals surface area contributed by atoms with E-state index in [-0.39, 0.29) is 5.76 Å². The van der Waals surface area contributed by atoms with Gasteiger partial charge in [-0.05, 0) is 0 Å². The van der Waals surface area contributed by atoms with Crippen molar-refractivity contribution in [2.75, 3.05) is 14.2 Å². The smallest absolute Gasteiger partial charge is 0.287 e. The van der Waals surface area contributed by atoms with Crippen LogP contribution >= 0.6 is 0 Å². The number of amides is 1. The summed E-state index contributed by atoms with van der Waals surface area (Å²) < 4.78 is 8.98. The lowest BCUT2D eigenvalue weighted by Gasteiger charge is -2.05. The molecule has 4 nitrogen and oxygen atoms in total. The number of primary amides is 1. The van der Waals surface area contributed by atoms with Crippen LogP contribution in [0.5, 0.6) is 0 Å². The second-order valence-electron chi connectivity index (χ2n) is 2.70. The molecule has 0 aliphatic heterocycles. The fraction of sp³-hybridized carbons (Fsp3) is 0.667. The molecule has 76 valence electrons. The molecule has 0 unspecified atom stereocenters. The van der Waals surface area contributed by atoms with E-state index in [0.29, 0.717) is 0 Å². The van der Waals surface area contributed by atoms with E-state index < -0.39 is 5.91 Å². The van der Waals surface area contributed by atoms with Crippen LogP contribution in [0, 0.1) is 0 Å². The van der Waals surface area contributed by atoms with Gasteiger partial charge in [-0.2, -0.15) is 0 Å². The topological polar surface area (TPSA) is 61.6 Å². The van der Waals surface area contributed by atoms with Crippen molar-refractivity contribution in [1.29, 1.82) is 0 Å². The minimum Gasteiger partial charge on any atom is -0.500 e. The molecule has 1 aliphatic rings. The molecule has 1 fully saturated rings. The zero-order valence-electron chi connectivity index (χ0n) is 8.21. The van der Waals surface area contributed by atoms with Gasteiger partial charge in [0.15, 0.2) is 0 Å². The van der Waals surface area contributed by atoms with E-state index in [4.69, 9.17) is 5.73 Å². The van der Waals surface area contributed by atoms with Gasteiger partial charge in [0.1, 0.15) is 6.26 Å². The number of nitrogens with two attached hydrogens (primary N) is 1. The van der Waals surface area contributed by atoms with Crippen molar-refractivity contribution in [3.63, 3.8) is 0 Å². The van der Waals surface area contributed by atoms with Crippen molar-refractivity contribution in [2.24, 2.45) is 5.73 Å². The van der Waals surface area contributed by atoms with E-state index in [1.165, 1.54) is 39.9 Å². The fourth-order valence-electron chi connectivity index (χ4n) is 0.564. The number of carbonyl (C=O) groups is 1. The summed E-state index contributed by atoms with van der Waals surface area (Å²) in [5, 5.41) is 0. The van der Waals surface area contributed by atoms with E-state index in [9.17, 15) is 4.79 Å². The molecule has 0 aromatic rings. The fourth-order valence-corrected chi connectivity index (χ4v) is 0.564. The average Bonchev–Trinajstić information content (AvgIpc) is 1.96. The third-order valence-corrected chi connectivity index (χ3v) is 1.69. The van der Waals surface area contributed by atoms with Crippen LogP contribution in [-0.2, 0) is 14.3 Å². The number of hydrogen-bond donors (Lipinski definition) is 1. The SMILES string of the molecule is C1CCC1.COC=C(OC)C(N)=O. The molecule has 1 saturated carbocycles. The maximum Gasteiger partial charge on any atom is 0.287 e.